The van der Waals surface area contributed by atoms with Crippen molar-refractivity contribution in [3.05, 3.63) is 29.3 Å². The maximum atomic E-state index is 11.3. The first kappa shape index (κ1) is 13.0. The number of carbonyl (C=O) groups is 1. The van der Waals surface area contributed by atoms with Crippen LogP contribution >= 0.6 is 11.6 Å². The molecule has 0 fully saturated rings. The molecule has 2 nitrogen and oxygen atoms in total. The Kier molecular flexibility index (Phi) is 4.36. The fraction of sp³-hybridized carbons (Fsp3) is 0.462. The maximum Gasteiger partial charge on any atom is 0.262 e. The molecule has 0 spiro atoms. The van der Waals surface area contributed by atoms with E-state index in [1.54, 1.807) is 0 Å². The lowest BCUT2D eigenvalue weighted by Gasteiger charge is -2.21. The molecule has 0 radical (unpaired) electrons. The summed E-state index contributed by atoms with van der Waals surface area (Å²) in [5.41, 5.74) is 2.03. The first-order chi connectivity index (χ1) is 7.43. The third-order valence-corrected chi connectivity index (χ3v) is 2.70. The molecule has 3 heteroatoms. The van der Waals surface area contributed by atoms with Gasteiger partial charge in [0, 0.05) is 0 Å². The molecule has 1 atom stereocenters. The average molecular weight is 241 g/mol. The molecule has 88 valence electrons. The summed E-state index contributed by atoms with van der Waals surface area (Å²) in [6.45, 7) is 7.74. The van der Waals surface area contributed by atoms with Gasteiger partial charge in [0.25, 0.3) is 5.24 Å². The second kappa shape index (κ2) is 5.35. The highest BCUT2D eigenvalue weighted by molar-refractivity contribution is 6.64. The molecular weight excluding hydrogens is 224 g/mol. The van der Waals surface area contributed by atoms with Gasteiger partial charge in [-0.15, -0.1) is 0 Å². The van der Waals surface area contributed by atoms with Gasteiger partial charge in [0.15, 0.2) is 6.10 Å². The molecule has 0 N–H and O–H groups in total. The molecule has 1 rings (SSSR count). The first-order valence-electron chi connectivity index (χ1n) is 5.35. The number of carbonyl (C=O) groups excluding carboxylic acids is 1. The van der Waals surface area contributed by atoms with E-state index < -0.39 is 11.3 Å². The van der Waals surface area contributed by atoms with E-state index in [-0.39, 0.29) is 5.92 Å². The van der Waals surface area contributed by atoms with Gasteiger partial charge in [-0.3, -0.25) is 4.79 Å². The molecule has 0 aliphatic rings. The lowest BCUT2D eigenvalue weighted by atomic mass is 10.1. The maximum absolute atomic E-state index is 11.3. The van der Waals surface area contributed by atoms with Crippen LogP contribution in [0.25, 0.3) is 0 Å². The predicted molar refractivity (Wildman–Crippen MR) is 66.0 cm³/mol. The quantitative estimate of drug-likeness (QED) is 0.754. The predicted octanol–water partition coefficient (Wildman–Crippen LogP) is 3.47. The van der Waals surface area contributed by atoms with Crippen molar-refractivity contribution in [2.75, 3.05) is 0 Å². The van der Waals surface area contributed by atoms with E-state index in [9.17, 15) is 4.79 Å². The number of hydrogen-bond acceptors (Lipinski definition) is 2. The topological polar surface area (TPSA) is 26.3 Å². The van der Waals surface area contributed by atoms with Gasteiger partial charge in [-0.05, 0) is 42.5 Å². The summed E-state index contributed by atoms with van der Waals surface area (Å²) in [5, 5.41) is -0.447. The van der Waals surface area contributed by atoms with Crippen LogP contribution in [0.5, 0.6) is 5.75 Å². The largest absolute Gasteiger partial charge is 0.480 e. The lowest BCUT2D eigenvalue weighted by Crippen LogP contribution is -2.29. The minimum Gasteiger partial charge on any atom is -0.480 e. The summed E-state index contributed by atoms with van der Waals surface area (Å²) in [4.78, 5) is 11.3. The Balaban J connectivity index is 2.98. The van der Waals surface area contributed by atoms with E-state index in [1.165, 1.54) is 0 Å². The summed E-state index contributed by atoms with van der Waals surface area (Å²) < 4.78 is 5.72. The highest BCUT2D eigenvalue weighted by Gasteiger charge is 2.23. The summed E-state index contributed by atoms with van der Waals surface area (Å²) in [6.07, 6.45) is -0.582. The first-order valence-corrected chi connectivity index (χ1v) is 5.73. The molecule has 0 amide bonds. The summed E-state index contributed by atoms with van der Waals surface area (Å²) >= 11 is 5.53. The van der Waals surface area contributed by atoms with Crippen molar-refractivity contribution >= 4 is 16.8 Å². The molecule has 0 saturated heterocycles. The molecule has 0 aromatic heterocycles. The van der Waals surface area contributed by atoms with Crippen molar-refractivity contribution < 1.29 is 9.53 Å². The Labute approximate surface area is 102 Å². The number of halogens is 1. The average Bonchev–Trinajstić information content (AvgIpc) is 2.15. The van der Waals surface area contributed by atoms with Crippen LogP contribution in [-0.4, -0.2) is 11.3 Å². The lowest BCUT2D eigenvalue weighted by molar-refractivity contribution is -0.119. The number of rotatable bonds is 4. The molecule has 1 aromatic carbocycles. The number of ether oxygens (including phenoxy) is 1. The molecule has 1 aromatic rings. The molecule has 0 bridgehead atoms. The van der Waals surface area contributed by atoms with E-state index in [1.807, 2.05) is 45.9 Å². The van der Waals surface area contributed by atoms with Crippen molar-refractivity contribution in [3.63, 3.8) is 0 Å². The minimum absolute atomic E-state index is 0.0593. The van der Waals surface area contributed by atoms with Crippen molar-refractivity contribution in [1.29, 1.82) is 0 Å². The number of hydrogen-bond donors (Lipinski definition) is 0. The van der Waals surface area contributed by atoms with Crippen molar-refractivity contribution in [3.8, 4) is 5.75 Å². The van der Waals surface area contributed by atoms with E-state index in [2.05, 4.69) is 0 Å². The standard InChI is InChI=1S/C13H17ClO2/c1-8(2)11(13(14)15)16-12-9(3)6-5-7-10(12)4/h5-8,11H,1-4H3. The Morgan fingerprint density at radius 2 is 1.75 bits per heavy atom. The third-order valence-electron chi connectivity index (χ3n) is 2.48. The zero-order valence-electron chi connectivity index (χ0n) is 10.1. The van der Waals surface area contributed by atoms with Crippen LogP contribution in [0.2, 0.25) is 0 Å². The van der Waals surface area contributed by atoms with E-state index in [4.69, 9.17) is 16.3 Å². The molecule has 0 aliphatic heterocycles. The smallest absolute Gasteiger partial charge is 0.262 e. The molecule has 0 heterocycles. The molecule has 0 aliphatic carbocycles. The van der Waals surface area contributed by atoms with Gasteiger partial charge in [0.1, 0.15) is 5.75 Å². The van der Waals surface area contributed by atoms with Gasteiger partial charge in [-0.2, -0.15) is 0 Å². The zero-order chi connectivity index (χ0) is 12.3. The van der Waals surface area contributed by atoms with Gasteiger partial charge in [-0.25, -0.2) is 0 Å². The molecule has 16 heavy (non-hydrogen) atoms. The van der Waals surface area contributed by atoms with Gasteiger partial charge < -0.3 is 4.74 Å². The zero-order valence-corrected chi connectivity index (χ0v) is 10.8. The molecule has 1 unspecified atom stereocenters. The minimum atomic E-state index is -0.582. The third kappa shape index (κ3) is 2.99. The SMILES string of the molecule is Cc1cccc(C)c1OC(C(=O)Cl)C(C)C. The van der Waals surface area contributed by atoms with Crippen LogP contribution in [0.1, 0.15) is 25.0 Å². The van der Waals surface area contributed by atoms with Gasteiger partial charge >= 0.3 is 0 Å². The van der Waals surface area contributed by atoms with E-state index in [0.717, 1.165) is 16.9 Å². The normalized spacial score (nSPS) is 12.6. The van der Waals surface area contributed by atoms with Crippen molar-refractivity contribution in [2.24, 2.45) is 5.92 Å². The van der Waals surface area contributed by atoms with Crippen LogP contribution < -0.4 is 4.74 Å². The molecule has 0 saturated carbocycles. The number of para-hydroxylation sites is 1. The Morgan fingerprint density at radius 3 is 2.12 bits per heavy atom. The van der Waals surface area contributed by atoms with Crippen LogP contribution in [-0.2, 0) is 4.79 Å². The monoisotopic (exact) mass is 240 g/mol. The van der Waals surface area contributed by atoms with Gasteiger partial charge in [0.05, 0.1) is 0 Å². The Hall–Kier alpha value is -1.02. The van der Waals surface area contributed by atoms with Crippen molar-refractivity contribution in [1.82, 2.24) is 0 Å². The Bertz CT molecular complexity index is 365. The summed E-state index contributed by atoms with van der Waals surface area (Å²) in [6, 6.07) is 5.88. The fourth-order valence-electron chi connectivity index (χ4n) is 1.56. The van der Waals surface area contributed by atoms with Gasteiger partial charge in [0.2, 0.25) is 0 Å². The fourth-order valence-corrected chi connectivity index (χ4v) is 1.85. The van der Waals surface area contributed by atoms with Crippen molar-refractivity contribution in [2.45, 2.75) is 33.8 Å². The highest BCUT2D eigenvalue weighted by atomic mass is 35.5. The second-order valence-electron chi connectivity index (χ2n) is 4.31. The Morgan fingerprint density at radius 1 is 1.25 bits per heavy atom. The van der Waals surface area contributed by atoms with Crippen LogP contribution in [0.15, 0.2) is 18.2 Å². The van der Waals surface area contributed by atoms with Crippen LogP contribution in [0.4, 0.5) is 0 Å². The highest BCUT2D eigenvalue weighted by Crippen LogP contribution is 2.25. The van der Waals surface area contributed by atoms with E-state index >= 15 is 0 Å². The van der Waals surface area contributed by atoms with Crippen LogP contribution in [0, 0.1) is 19.8 Å². The second-order valence-corrected chi connectivity index (χ2v) is 4.68. The summed E-state index contributed by atoms with van der Waals surface area (Å²) in [7, 11) is 0. The van der Waals surface area contributed by atoms with Crippen LogP contribution in [0.3, 0.4) is 0 Å². The van der Waals surface area contributed by atoms with E-state index in [0.29, 0.717) is 0 Å². The van der Waals surface area contributed by atoms with Gasteiger partial charge in [-0.1, -0.05) is 32.0 Å². The number of benzene rings is 1. The summed E-state index contributed by atoms with van der Waals surface area (Å²) in [5.74, 6) is 0.819. The molecular formula is C13H17ClO2. The number of aryl methyl sites for hydroxylation is 2.